The number of nitrogens with zero attached hydrogens (tertiary/aromatic N) is 1. The molecule has 0 bridgehead atoms. The van der Waals surface area contributed by atoms with Gasteiger partial charge in [-0.15, -0.1) is 0 Å². The first-order valence-corrected chi connectivity index (χ1v) is 10.8. The molecular formula is C28H26FN. The van der Waals surface area contributed by atoms with Crippen LogP contribution < -0.4 is 0 Å². The molecule has 1 heterocycles. The molecule has 0 amide bonds. The highest BCUT2D eigenvalue weighted by Gasteiger charge is 2.22. The van der Waals surface area contributed by atoms with Gasteiger partial charge in [0, 0.05) is 13.1 Å². The number of benzene rings is 3. The smallest absolute Gasteiger partial charge is 0.123 e. The Morgan fingerprint density at radius 1 is 0.767 bits per heavy atom. The normalized spacial score (nSPS) is 16.2. The summed E-state index contributed by atoms with van der Waals surface area (Å²) in [5, 5.41) is 0. The second kappa shape index (κ2) is 8.41. The Kier molecular flexibility index (Phi) is 5.33. The molecule has 0 aromatic heterocycles. The zero-order chi connectivity index (χ0) is 20.3. The summed E-state index contributed by atoms with van der Waals surface area (Å²) in [4.78, 5) is 2.55. The highest BCUT2D eigenvalue weighted by Crippen LogP contribution is 2.38. The topological polar surface area (TPSA) is 3.24 Å². The van der Waals surface area contributed by atoms with Crippen LogP contribution in [0.3, 0.4) is 0 Å². The maximum absolute atomic E-state index is 13.2. The molecule has 3 aromatic rings. The van der Waals surface area contributed by atoms with Crippen molar-refractivity contribution in [2.75, 3.05) is 19.6 Å². The molecule has 1 aliphatic heterocycles. The van der Waals surface area contributed by atoms with E-state index in [0.717, 1.165) is 32.5 Å². The lowest BCUT2D eigenvalue weighted by molar-refractivity contribution is 0.269. The van der Waals surface area contributed by atoms with Crippen LogP contribution in [0.15, 0.2) is 78.4 Å². The minimum absolute atomic E-state index is 0.164. The van der Waals surface area contributed by atoms with Gasteiger partial charge in [-0.1, -0.05) is 72.8 Å². The number of likely N-dealkylation sites (tertiary alicyclic amines) is 1. The monoisotopic (exact) mass is 395 g/mol. The fourth-order valence-corrected chi connectivity index (χ4v) is 4.72. The van der Waals surface area contributed by atoms with Crippen molar-refractivity contribution < 1.29 is 4.39 Å². The largest absolute Gasteiger partial charge is 0.299 e. The molecular weight excluding hydrogens is 369 g/mol. The van der Waals surface area contributed by atoms with Crippen LogP contribution in [0.1, 0.15) is 40.7 Å². The van der Waals surface area contributed by atoms with Gasteiger partial charge in [0.05, 0.1) is 0 Å². The molecule has 0 spiro atoms. The van der Waals surface area contributed by atoms with Crippen LogP contribution in [-0.2, 0) is 6.42 Å². The van der Waals surface area contributed by atoms with E-state index in [4.69, 9.17) is 0 Å². The SMILES string of the molecule is Fc1ccc(CCN2CCCC(=C3c4ccccc4C=Cc4ccccc43)C2)cc1. The van der Waals surface area contributed by atoms with Crippen LogP contribution in [0.2, 0.25) is 0 Å². The van der Waals surface area contributed by atoms with Gasteiger partial charge in [0.2, 0.25) is 0 Å². The first kappa shape index (κ1) is 19.0. The standard InChI is InChI=1S/C28H26FN/c29-25-15-11-21(12-16-25)17-19-30-18-5-8-24(20-30)28-26-9-3-1-6-22(26)13-14-23-7-2-4-10-27(23)28/h1-4,6-7,9-16H,5,8,17-20H2. The summed E-state index contributed by atoms with van der Waals surface area (Å²) in [6.07, 6.45) is 7.77. The van der Waals surface area contributed by atoms with Crippen molar-refractivity contribution in [1.29, 1.82) is 0 Å². The lowest BCUT2D eigenvalue weighted by Crippen LogP contribution is -2.33. The Bertz CT molecular complexity index is 1060. The van der Waals surface area contributed by atoms with E-state index in [0.29, 0.717) is 0 Å². The number of halogens is 1. The molecule has 3 aromatic carbocycles. The highest BCUT2D eigenvalue weighted by atomic mass is 19.1. The predicted octanol–water partition coefficient (Wildman–Crippen LogP) is 6.45. The lowest BCUT2D eigenvalue weighted by Gasteiger charge is -2.31. The second-order valence-corrected chi connectivity index (χ2v) is 8.24. The molecule has 0 atom stereocenters. The zero-order valence-corrected chi connectivity index (χ0v) is 17.2. The number of hydrogen-bond donors (Lipinski definition) is 0. The van der Waals surface area contributed by atoms with Gasteiger partial charge in [0.15, 0.2) is 0 Å². The van der Waals surface area contributed by atoms with Crippen molar-refractivity contribution in [1.82, 2.24) is 4.90 Å². The molecule has 5 rings (SSSR count). The summed E-state index contributed by atoms with van der Waals surface area (Å²) in [6.45, 7) is 3.13. The molecule has 1 saturated heterocycles. The molecule has 2 heteroatoms. The van der Waals surface area contributed by atoms with E-state index in [1.807, 2.05) is 12.1 Å². The Morgan fingerprint density at radius 3 is 2.07 bits per heavy atom. The third kappa shape index (κ3) is 3.88. The Labute approximate surface area is 178 Å². The molecule has 150 valence electrons. The van der Waals surface area contributed by atoms with Crippen molar-refractivity contribution in [3.8, 4) is 0 Å². The van der Waals surface area contributed by atoms with Gasteiger partial charge >= 0.3 is 0 Å². The summed E-state index contributed by atoms with van der Waals surface area (Å²) < 4.78 is 13.2. The number of piperidine rings is 1. The van der Waals surface area contributed by atoms with Gasteiger partial charge in [0.25, 0.3) is 0 Å². The Balaban J connectivity index is 1.47. The molecule has 0 N–H and O–H groups in total. The van der Waals surface area contributed by atoms with Crippen molar-refractivity contribution in [3.63, 3.8) is 0 Å². The Hall–Kier alpha value is -2.97. The van der Waals surface area contributed by atoms with Crippen molar-refractivity contribution in [2.45, 2.75) is 19.3 Å². The summed E-state index contributed by atoms with van der Waals surface area (Å²) in [5.74, 6) is -0.164. The van der Waals surface area contributed by atoms with Crippen molar-refractivity contribution in [3.05, 3.63) is 112 Å². The van der Waals surface area contributed by atoms with E-state index in [9.17, 15) is 4.39 Å². The van der Waals surface area contributed by atoms with E-state index >= 15 is 0 Å². The summed E-state index contributed by atoms with van der Waals surface area (Å²) >= 11 is 0. The van der Waals surface area contributed by atoms with E-state index in [1.54, 1.807) is 12.1 Å². The number of hydrogen-bond acceptors (Lipinski definition) is 1. The molecule has 0 unspecified atom stereocenters. The van der Waals surface area contributed by atoms with E-state index in [-0.39, 0.29) is 5.82 Å². The first-order chi connectivity index (χ1) is 14.8. The highest BCUT2D eigenvalue weighted by molar-refractivity contribution is 5.95. The third-order valence-electron chi connectivity index (χ3n) is 6.25. The van der Waals surface area contributed by atoms with Gasteiger partial charge in [-0.3, -0.25) is 4.90 Å². The minimum atomic E-state index is -0.164. The zero-order valence-electron chi connectivity index (χ0n) is 17.2. The van der Waals surface area contributed by atoms with E-state index in [1.165, 1.54) is 45.4 Å². The summed E-state index contributed by atoms with van der Waals surface area (Å²) in [7, 11) is 0. The maximum atomic E-state index is 13.2. The molecule has 1 fully saturated rings. The molecule has 0 radical (unpaired) electrons. The average molecular weight is 396 g/mol. The van der Waals surface area contributed by atoms with Crippen molar-refractivity contribution in [2.24, 2.45) is 0 Å². The number of rotatable bonds is 3. The van der Waals surface area contributed by atoms with E-state index in [2.05, 4.69) is 65.6 Å². The van der Waals surface area contributed by atoms with Crippen LogP contribution in [0.25, 0.3) is 17.7 Å². The third-order valence-corrected chi connectivity index (χ3v) is 6.25. The average Bonchev–Trinajstić information content (AvgIpc) is 2.96. The van der Waals surface area contributed by atoms with E-state index < -0.39 is 0 Å². The van der Waals surface area contributed by atoms with Gasteiger partial charge in [-0.2, -0.15) is 0 Å². The Morgan fingerprint density at radius 2 is 1.40 bits per heavy atom. The molecule has 0 saturated carbocycles. The molecule has 1 nitrogen and oxygen atoms in total. The van der Waals surface area contributed by atoms with Crippen LogP contribution in [0, 0.1) is 5.82 Å². The van der Waals surface area contributed by atoms with Gasteiger partial charge in [-0.25, -0.2) is 4.39 Å². The molecule has 30 heavy (non-hydrogen) atoms. The first-order valence-electron chi connectivity index (χ1n) is 10.8. The van der Waals surface area contributed by atoms with Gasteiger partial charge < -0.3 is 0 Å². The maximum Gasteiger partial charge on any atom is 0.123 e. The predicted molar refractivity (Wildman–Crippen MR) is 124 cm³/mol. The van der Waals surface area contributed by atoms with Crippen LogP contribution in [0.4, 0.5) is 4.39 Å². The second-order valence-electron chi connectivity index (χ2n) is 8.24. The van der Waals surface area contributed by atoms with Gasteiger partial charge in [0.1, 0.15) is 5.82 Å². The van der Waals surface area contributed by atoms with Crippen LogP contribution in [0.5, 0.6) is 0 Å². The quantitative estimate of drug-likeness (QED) is 0.385. The number of fused-ring (bicyclic) bond motifs is 2. The van der Waals surface area contributed by atoms with Gasteiger partial charge in [-0.05, 0) is 76.9 Å². The van der Waals surface area contributed by atoms with Crippen LogP contribution in [-0.4, -0.2) is 24.5 Å². The molecule has 2 aliphatic rings. The summed E-state index contributed by atoms with van der Waals surface area (Å²) in [5.41, 5.74) is 9.41. The minimum Gasteiger partial charge on any atom is -0.299 e. The summed E-state index contributed by atoms with van der Waals surface area (Å²) in [6, 6.07) is 24.4. The van der Waals surface area contributed by atoms with Crippen LogP contribution >= 0.6 is 0 Å². The van der Waals surface area contributed by atoms with Crippen molar-refractivity contribution >= 4 is 17.7 Å². The lowest BCUT2D eigenvalue weighted by atomic mass is 9.86. The fraction of sp³-hybridized carbons (Fsp3) is 0.214. The fourth-order valence-electron chi connectivity index (χ4n) is 4.72. The molecule has 1 aliphatic carbocycles.